The number of anilines is 1. The molecule has 0 saturated carbocycles. The number of aromatic nitrogens is 1. The van der Waals surface area contributed by atoms with Crippen LogP contribution in [0.4, 0.5) is 5.13 Å². The fourth-order valence-corrected chi connectivity index (χ4v) is 4.28. The Bertz CT molecular complexity index is 421. The highest BCUT2D eigenvalue weighted by atomic mass is 32.1. The average molecular weight is 295 g/mol. The monoisotopic (exact) mass is 295 g/mol. The van der Waals surface area contributed by atoms with E-state index in [0.29, 0.717) is 0 Å². The van der Waals surface area contributed by atoms with Crippen molar-refractivity contribution in [2.24, 2.45) is 0 Å². The summed E-state index contributed by atoms with van der Waals surface area (Å²) in [4.78, 5) is 9.64. The van der Waals surface area contributed by atoms with Gasteiger partial charge in [0.25, 0.3) is 0 Å². The molecule has 0 spiro atoms. The zero-order valence-electron chi connectivity index (χ0n) is 12.3. The Labute approximate surface area is 125 Å². The molecule has 3 rings (SSSR count). The number of rotatable bonds is 3. The Hall–Kier alpha value is -0.650. The molecule has 0 aliphatic carbocycles. The van der Waals surface area contributed by atoms with E-state index in [0.717, 1.165) is 30.0 Å². The first-order valence-corrected chi connectivity index (χ1v) is 8.74. The maximum atomic E-state index is 9.57. The van der Waals surface area contributed by atoms with Crippen LogP contribution in [0.15, 0.2) is 5.38 Å². The number of likely N-dealkylation sites (tertiary alicyclic amines) is 1. The van der Waals surface area contributed by atoms with Crippen LogP contribution in [0.25, 0.3) is 0 Å². The molecule has 1 aromatic rings. The van der Waals surface area contributed by atoms with Gasteiger partial charge in [-0.25, -0.2) is 4.98 Å². The van der Waals surface area contributed by atoms with Crippen molar-refractivity contribution in [2.45, 2.75) is 51.2 Å². The molecule has 112 valence electrons. The fraction of sp³-hybridized carbons (Fsp3) is 0.800. The molecule has 1 unspecified atom stereocenters. The summed E-state index contributed by atoms with van der Waals surface area (Å²) >= 11 is 1.66. The number of aliphatic hydroxyl groups excluding tert-OH is 1. The summed E-state index contributed by atoms with van der Waals surface area (Å²) in [6.45, 7) is 6.59. The summed E-state index contributed by atoms with van der Waals surface area (Å²) in [5.74, 6) is 0. The van der Waals surface area contributed by atoms with Crippen molar-refractivity contribution in [3.8, 4) is 0 Å². The van der Waals surface area contributed by atoms with E-state index in [1.54, 1.807) is 18.3 Å². The lowest BCUT2D eigenvalue weighted by Gasteiger charge is -2.40. The largest absolute Gasteiger partial charge is 0.387 e. The standard InChI is InChI=1S/C15H25N3OS/c1-12(19)14-11-20-15(16-14)18-9-5-13(6-10-18)17-7-3-2-4-8-17/h11-13,19H,2-10H2,1H3. The number of nitrogens with zero attached hydrogens (tertiary/aromatic N) is 3. The predicted molar refractivity (Wildman–Crippen MR) is 83.4 cm³/mol. The van der Waals surface area contributed by atoms with E-state index in [-0.39, 0.29) is 0 Å². The van der Waals surface area contributed by atoms with Crippen LogP contribution < -0.4 is 4.90 Å². The second kappa shape index (κ2) is 6.41. The van der Waals surface area contributed by atoms with Crippen molar-refractivity contribution < 1.29 is 5.11 Å². The third kappa shape index (κ3) is 3.15. The van der Waals surface area contributed by atoms with Crippen molar-refractivity contribution in [1.82, 2.24) is 9.88 Å². The van der Waals surface area contributed by atoms with Gasteiger partial charge in [0.05, 0.1) is 11.8 Å². The topological polar surface area (TPSA) is 39.6 Å². The van der Waals surface area contributed by atoms with Crippen LogP contribution in [-0.2, 0) is 0 Å². The molecule has 0 amide bonds. The van der Waals surface area contributed by atoms with E-state index in [9.17, 15) is 5.11 Å². The molecule has 4 nitrogen and oxygen atoms in total. The van der Waals surface area contributed by atoms with E-state index in [4.69, 9.17) is 0 Å². The van der Waals surface area contributed by atoms with Crippen molar-refractivity contribution in [3.05, 3.63) is 11.1 Å². The first kappa shape index (κ1) is 14.3. The minimum atomic E-state index is -0.453. The minimum absolute atomic E-state index is 0.453. The summed E-state index contributed by atoms with van der Waals surface area (Å²) in [5, 5.41) is 12.6. The Morgan fingerprint density at radius 3 is 2.50 bits per heavy atom. The summed E-state index contributed by atoms with van der Waals surface area (Å²) in [6.07, 6.45) is 6.23. The van der Waals surface area contributed by atoms with Crippen molar-refractivity contribution >= 4 is 16.5 Å². The zero-order chi connectivity index (χ0) is 13.9. The summed E-state index contributed by atoms with van der Waals surface area (Å²) < 4.78 is 0. The summed E-state index contributed by atoms with van der Waals surface area (Å²) in [6, 6.07) is 0.780. The smallest absolute Gasteiger partial charge is 0.185 e. The molecular formula is C15H25N3OS. The lowest BCUT2D eigenvalue weighted by molar-refractivity contribution is 0.141. The van der Waals surface area contributed by atoms with E-state index in [2.05, 4.69) is 14.8 Å². The number of piperidine rings is 2. The molecule has 2 fully saturated rings. The van der Waals surface area contributed by atoms with Crippen molar-refractivity contribution in [2.75, 3.05) is 31.1 Å². The van der Waals surface area contributed by atoms with Crippen LogP contribution in [0.3, 0.4) is 0 Å². The normalized spacial score (nSPS) is 24.0. The van der Waals surface area contributed by atoms with E-state index >= 15 is 0 Å². The number of thiazole rings is 1. The highest BCUT2D eigenvalue weighted by Crippen LogP contribution is 2.28. The third-order valence-electron chi connectivity index (χ3n) is 4.58. The van der Waals surface area contributed by atoms with Gasteiger partial charge in [-0.05, 0) is 45.7 Å². The molecule has 20 heavy (non-hydrogen) atoms. The molecule has 1 N–H and O–H groups in total. The molecule has 3 heterocycles. The molecule has 2 saturated heterocycles. The molecule has 2 aliphatic rings. The minimum Gasteiger partial charge on any atom is -0.387 e. The summed E-state index contributed by atoms with van der Waals surface area (Å²) in [5.41, 5.74) is 0.808. The van der Waals surface area contributed by atoms with Gasteiger partial charge in [-0.15, -0.1) is 11.3 Å². The molecule has 1 aromatic heterocycles. The van der Waals surface area contributed by atoms with Gasteiger partial charge in [0.2, 0.25) is 0 Å². The number of hydrogen-bond acceptors (Lipinski definition) is 5. The van der Waals surface area contributed by atoms with Crippen LogP contribution in [0.2, 0.25) is 0 Å². The Morgan fingerprint density at radius 1 is 1.20 bits per heavy atom. The highest BCUT2D eigenvalue weighted by molar-refractivity contribution is 7.13. The van der Waals surface area contributed by atoms with Gasteiger partial charge >= 0.3 is 0 Å². The maximum absolute atomic E-state index is 9.57. The lowest BCUT2D eigenvalue weighted by atomic mass is 10.0. The quantitative estimate of drug-likeness (QED) is 0.930. The Balaban J connectivity index is 1.54. The van der Waals surface area contributed by atoms with Gasteiger partial charge in [-0.2, -0.15) is 0 Å². The van der Waals surface area contributed by atoms with E-state index < -0.39 is 6.10 Å². The van der Waals surface area contributed by atoms with Crippen LogP contribution in [-0.4, -0.2) is 47.2 Å². The van der Waals surface area contributed by atoms with Gasteiger partial charge in [0, 0.05) is 24.5 Å². The molecule has 0 aromatic carbocycles. The summed E-state index contributed by atoms with van der Waals surface area (Å²) in [7, 11) is 0. The molecule has 0 bridgehead atoms. The van der Waals surface area contributed by atoms with Crippen LogP contribution in [0.5, 0.6) is 0 Å². The van der Waals surface area contributed by atoms with Gasteiger partial charge in [0.15, 0.2) is 5.13 Å². The predicted octanol–water partition coefficient (Wildman–Crippen LogP) is 2.65. The second-order valence-electron chi connectivity index (χ2n) is 6.05. The fourth-order valence-electron chi connectivity index (χ4n) is 3.32. The van der Waals surface area contributed by atoms with Crippen molar-refractivity contribution in [3.63, 3.8) is 0 Å². The first-order valence-electron chi connectivity index (χ1n) is 7.86. The maximum Gasteiger partial charge on any atom is 0.185 e. The number of hydrogen-bond donors (Lipinski definition) is 1. The molecule has 1 atom stereocenters. The van der Waals surface area contributed by atoms with Crippen molar-refractivity contribution in [1.29, 1.82) is 0 Å². The SMILES string of the molecule is CC(O)c1csc(N2CCC(N3CCCCC3)CC2)n1. The van der Waals surface area contributed by atoms with Crippen LogP contribution >= 0.6 is 11.3 Å². The van der Waals surface area contributed by atoms with E-state index in [1.807, 2.05) is 5.38 Å². The molecule has 0 radical (unpaired) electrons. The zero-order valence-corrected chi connectivity index (χ0v) is 13.1. The first-order chi connectivity index (χ1) is 9.74. The average Bonchev–Trinajstić information content (AvgIpc) is 2.98. The van der Waals surface area contributed by atoms with Gasteiger partial charge < -0.3 is 14.9 Å². The third-order valence-corrected chi connectivity index (χ3v) is 5.50. The Morgan fingerprint density at radius 2 is 1.90 bits per heavy atom. The lowest BCUT2D eigenvalue weighted by Crippen LogP contribution is -2.46. The van der Waals surface area contributed by atoms with Crippen LogP contribution in [0.1, 0.15) is 50.8 Å². The molecule has 5 heteroatoms. The Kier molecular flexibility index (Phi) is 4.58. The molecule has 2 aliphatic heterocycles. The second-order valence-corrected chi connectivity index (χ2v) is 6.88. The highest BCUT2D eigenvalue weighted by Gasteiger charge is 2.26. The molecular weight excluding hydrogens is 270 g/mol. The van der Waals surface area contributed by atoms with E-state index in [1.165, 1.54) is 45.2 Å². The van der Waals surface area contributed by atoms with Crippen LogP contribution in [0, 0.1) is 0 Å². The number of aliphatic hydroxyl groups is 1. The van der Waals surface area contributed by atoms with Gasteiger partial charge in [-0.1, -0.05) is 6.42 Å². The van der Waals surface area contributed by atoms with Gasteiger partial charge in [0.1, 0.15) is 0 Å². The van der Waals surface area contributed by atoms with Gasteiger partial charge in [-0.3, -0.25) is 0 Å².